The molecule has 2 aromatic rings. The summed E-state index contributed by atoms with van der Waals surface area (Å²) in [5.41, 5.74) is 10.8. The first-order chi connectivity index (χ1) is 19.4. The van der Waals surface area contributed by atoms with Crippen molar-refractivity contribution in [1.29, 1.82) is 0 Å². The van der Waals surface area contributed by atoms with Gasteiger partial charge in [-0.15, -0.1) is 0 Å². The fourth-order valence-electron chi connectivity index (χ4n) is 5.26. The summed E-state index contributed by atoms with van der Waals surface area (Å²) >= 11 is 0. The van der Waals surface area contributed by atoms with E-state index in [-0.39, 0.29) is 18.3 Å². The molecule has 0 radical (unpaired) electrons. The highest BCUT2D eigenvalue weighted by Gasteiger charge is 2.27. The van der Waals surface area contributed by atoms with Crippen molar-refractivity contribution in [3.63, 3.8) is 0 Å². The third kappa shape index (κ3) is 8.46. The molecule has 0 amide bonds. The third-order valence-corrected chi connectivity index (χ3v) is 7.90. The third-order valence-electron chi connectivity index (χ3n) is 7.90. The van der Waals surface area contributed by atoms with Gasteiger partial charge in [0.2, 0.25) is 0 Å². The quantitative estimate of drug-likeness (QED) is 0.174. The van der Waals surface area contributed by atoms with Gasteiger partial charge in [-0.3, -0.25) is 19.5 Å². The van der Waals surface area contributed by atoms with Crippen LogP contribution in [0.2, 0.25) is 0 Å². The molecule has 1 saturated heterocycles. The van der Waals surface area contributed by atoms with E-state index in [1.165, 1.54) is 25.7 Å². The molecule has 0 aromatic heterocycles. The highest BCUT2D eigenvalue weighted by atomic mass is 16.5. The van der Waals surface area contributed by atoms with Crippen LogP contribution in [0.3, 0.4) is 0 Å². The number of nitrogens with zero attached hydrogens (tertiary/aromatic N) is 4. The Morgan fingerprint density at radius 1 is 0.950 bits per heavy atom. The molecule has 216 valence electrons. The van der Waals surface area contributed by atoms with Gasteiger partial charge in [0.05, 0.1) is 25.5 Å². The topological polar surface area (TPSA) is 91.5 Å². The van der Waals surface area contributed by atoms with Crippen LogP contribution in [0.4, 0.5) is 0 Å². The van der Waals surface area contributed by atoms with E-state index < -0.39 is 6.17 Å². The Hall–Kier alpha value is -3.07. The van der Waals surface area contributed by atoms with Crippen molar-refractivity contribution in [1.82, 2.24) is 14.8 Å². The van der Waals surface area contributed by atoms with Crippen LogP contribution in [0, 0.1) is 0 Å². The predicted octanol–water partition coefficient (Wildman–Crippen LogP) is 4.22. The van der Waals surface area contributed by atoms with Crippen molar-refractivity contribution in [3.8, 4) is 0 Å². The number of hydrogen-bond donors (Lipinski definition) is 1. The van der Waals surface area contributed by atoms with E-state index in [0.29, 0.717) is 24.3 Å². The highest BCUT2D eigenvalue weighted by Crippen LogP contribution is 2.27. The molecule has 2 aliphatic rings. The molecule has 8 nitrogen and oxygen atoms in total. The van der Waals surface area contributed by atoms with Crippen molar-refractivity contribution in [2.45, 2.75) is 58.0 Å². The molecule has 1 fully saturated rings. The normalized spacial score (nSPS) is 18.2. The average molecular weight is 548 g/mol. The number of carbonyl (C=O) groups is 2. The number of benzene rings is 2. The summed E-state index contributed by atoms with van der Waals surface area (Å²) in [7, 11) is 2.12. The van der Waals surface area contributed by atoms with Crippen molar-refractivity contribution < 1.29 is 14.3 Å². The lowest BCUT2D eigenvalue weighted by molar-refractivity contribution is -0.145. The minimum atomic E-state index is -0.395. The van der Waals surface area contributed by atoms with Gasteiger partial charge in [0.25, 0.3) is 0 Å². The fraction of sp³-hybridized carbons (Fsp3) is 0.531. The SMILES string of the molecule is CCCCCCCCOC(=O)CN1CCc2cc(C(=O)c3ccc(C=NN4CCN(C)CC4)cc3)ccc2C1N. The maximum atomic E-state index is 13.2. The molecular weight excluding hydrogens is 502 g/mol. The van der Waals surface area contributed by atoms with Crippen molar-refractivity contribution in [2.75, 3.05) is 52.9 Å². The summed E-state index contributed by atoms with van der Waals surface area (Å²) in [6.45, 7) is 7.39. The van der Waals surface area contributed by atoms with E-state index in [9.17, 15) is 9.59 Å². The number of rotatable bonds is 13. The van der Waals surface area contributed by atoms with Crippen molar-refractivity contribution in [3.05, 3.63) is 70.3 Å². The summed E-state index contributed by atoms with van der Waals surface area (Å²) in [5, 5.41) is 6.66. The maximum Gasteiger partial charge on any atom is 0.320 e. The number of hydrogen-bond acceptors (Lipinski definition) is 8. The van der Waals surface area contributed by atoms with Gasteiger partial charge in [-0.25, -0.2) is 0 Å². The number of hydrazone groups is 1. The second kappa shape index (κ2) is 15.1. The molecule has 1 unspecified atom stereocenters. The first-order valence-corrected chi connectivity index (χ1v) is 14.8. The van der Waals surface area contributed by atoms with Crippen LogP contribution < -0.4 is 5.73 Å². The maximum absolute atomic E-state index is 13.2. The minimum Gasteiger partial charge on any atom is -0.465 e. The number of nitrogens with two attached hydrogens (primary N) is 1. The molecule has 0 saturated carbocycles. The Morgan fingerprint density at radius 3 is 2.40 bits per heavy atom. The number of ether oxygens (including phenoxy) is 1. The van der Waals surface area contributed by atoms with Crippen LogP contribution in [0.5, 0.6) is 0 Å². The van der Waals surface area contributed by atoms with E-state index >= 15 is 0 Å². The number of piperazine rings is 1. The molecule has 2 heterocycles. The van der Waals surface area contributed by atoms with Gasteiger partial charge in [0.15, 0.2) is 5.78 Å². The van der Waals surface area contributed by atoms with Crippen molar-refractivity contribution in [2.24, 2.45) is 10.8 Å². The second-order valence-electron chi connectivity index (χ2n) is 11.0. The smallest absolute Gasteiger partial charge is 0.320 e. The molecule has 2 aliphatic heterocycles. The van der Waals surface area contributed by atoms with Gasteiger partial charge in [0.1, 0.15) is 0 Å². The van der Waals surface area contributed by atoms with Crippen LogP contribution in [0.1, 0.15) is 84.2 Å². The second-order valence-corrected chi connectivity index (χ2v) is 11.0. The lowest BCUT2D eigenvalue weighted by Gasteiger charge is -2.34. The molecule has 0 aliphatic carbocycles. The van der Waals surface area contributed by atoms with Gasteiger partial charge in [0, 0.05) is 43.9 Å². The Balaban J connectivity index is 1.27. The molecule has 0 bridgehead atoms. The first-order valence-electron chi connectivity index (χ1n) is 14.8. The van der Waals surface area contributed by atoms with E-state index in [2.05, 4.69) is 29.0 Å². The molecule has 2 N–H and O–H groups in total. The fourth-order valence-corrected chi connectivity index (χ4v) is 5.26. The van der Waals surface area contributed by atoms with E-state index in [0.717, 1.165) is 62.1 Å². The summed E-state index contributed by atoms with van der Waals surface area (Å²) in [5.74, 6) is -0.240. The molecule has 4 rings (SSSR count). The van der Waals surface area contributed by atoms with Gasteiger partial charge in [-0.05, 0) is 42.6 Å². The Kier molecular flexibility index (Phi) is 11.3. The van der Waals surface area contributed by atoms with Gasteiger partial charge < -0.3 is 15.4 Å². The number of unbranched alkanes of at least 4 members (excludes halogenated alkanes) is 5. The number of likely N-dealkylation sites (N-methyl/N-ethyl adjacent to an activating group) is 1. The lowest BCUT2D eigenvalue weighted by atomic mass is 9.92. The summed E-state index contributed by atoms with van der Waals surface area (Å²) in [6.07, 6.45) is 9.15. The van der Waals surface area contributed by atoms with Crippen LogP contribution in [0.25, 0.3) is 0 Å². The van der Waals surface area contributed by atoms with Gasteiger partial charge in [-0.2, -0.15) is 5.10 Å². The molecule has 1 atom stereocenters. The summed E-state index contributed by atoms with van der Waals surface area (Å²) in [6, 6.07) is 13.3. The highest BCUT2D eigenvalue weighted by molar-refractivity contribution is 6.09. The summed E-state index contributed by atoms with van der Waals surface area (Å²) in [4.78, 5) is 29.9. The number of fused-ring (bicyclic) bond motifs is 1. The first kappa shape index (κ1) is 29.9. The molecule has 8 heteroatoms. The van der Waals surface area contributed by atoms with E-state index in [1.807, 2.05) is 53.6 Å². The van der Waals surface area contributed by atoms with E-state index in [1.54, 1.807) is 0 Å². The van der Waals surface area contributed by atoms with Crippen LogP contribution in [0.15, 0.2) is 47.6 Å². The zero-order chi connectivity index (χ0) is 28.3. The number of carbonyl (C=O) groups excluding carboxylic acids is 2. The molecule has 2 aromatic carbocycles. The van der Waals surface area contributed by atoms with Crippen molar-refractivity contribution >= 4 is 18.0 Å². The predicted molar refractivity (Wildman–Crippen MR) is 160 cm³/mol. The molecule has 0 spiro atoms. The largest absolute Gasteiger partial charge is 0.465 e. The lowest BCUT2D eigenvalue weighted by Crippen LogP contribution is -2.43. The molecular formula is C32H45N5O3. The monoisotopic (exact) mass is 547 g/mol. The zero-order valence-corrected chi connectivity index (χ0v) is 24.2. The number of ketones is 1. The summed E-state index contributed by atoms with van der Waals surface area (Å²) < 4.78 is 5.45. The number of esters is 1. The Bertz CT molecular complexity index is 1140. The Morgan fingerprint density at radius 2 is 1.65 bits per heavy atom. The van der Waals surface area contributed by atoms with Gasteiger partial charge in [-0.1, -0.05) is 75.4 Å². The zero-order valence-electron chi connectivity index (χ0n) is 24.2. The van der Waals surface area contributed by atoms with Crippen LogP contribution in [-0.4, -0.2) is 85.7 Å². The van der Waals surface area contributed by atoms with Gasteiger partial charge >= 0.3 is 5.97 Å². The van der Waals surface area contributed by atoms with E-state index in [4.69, 9.17) is 10.5 Å². The minimum absolute atomic E-state index is 0.0142. The average Bonchev–Trinajstić information content (AvgIpc) is 2.97. The van der Waals surface area contributed by atoms with Crippen LogP contribution in [-0.2, 0) is 16.0 Å². The standard InChI is InChI=1S/C32H45N5O3/c1-3-4-5-6-7-8-21-40-30(38)24-36-16-15-27-22-28(13-14-29(27)32(36)33)31(39)26-11-9-25(10-12-26)23-34-37-19-17-35(2)18-20-37/h9-14,22-23,32H,3-8,15-21,24,33H2,1-2H3. The van der Waals surface area contributed by atoms with Crippen LogP contribution >= 0.6 is 0 Å². The molecule has 40 heavy (non-hydrogen) atoms. The Labute approximate surface area is 239 Å².